The van der Waals surface area contributed by atoms with Gasteiger partial charge in [0.1, 0.15) is 0 Å². The summed E-state index contributed by atoms with van der Waals surface area (Å²) >= 11 is 0. The second-order valence-electron chi connectivity index (χ2n) is 5.17. The molecule has 0 amide bonds. The molecule has 0 aromatic carbocycles. The van der Waals surface area contributed by atoms with Crippen LogP contribution in [0.25, 0.3) is 0 Å². The molecule has 0 aromatic rings. The van der Waals surface area contributed by atoms with E-state index in [1.807, 2.05) is 13.0 Å². The highest BCUT2D eigenvalue weighted by Gasteiger charge is 2.44. The third kappa shape index (κ3) is 9.57. The first-order valence-corrected chi connectivity index (χ1v) is 9.60. The van der Waals surface area contributed by atoms with Gasteiger partial charge in [-0.1, -0.05) is 23.3 Å². The number of unbranched alkanes of at least 4 members (excludes halogenated alkanes) is 1. The van der Waals surface area contributed by atoms with Crippen molar-refractivity contribution in [2.24, 2.45) is 0 Å². The zero-order valence-corrected chi connectivity index (χ0v) is 14.1. The fourth-order valence-corrected chi connectivity index (χ4v) is 3.70. The Kier molecular flexibility index (Phi) is 9.45. The molecule has 0 fully saturated rings. The number of allylic oxidation sites excluding steroid dienone is 4. The highest BCUT2D eigenvalue weighted by molar-refractivity contribution is 7.65. The third-order valence-electron chi connectivity index (χ3n) is 2.89. The summed E-state index contributed by atoms with van der Waals surface area (Å²) in [7, 11) is -7.33. The van der Waals surface area contributed by atoms with Gasteiger partial charge in [-0.15, -0.1) is 0 Å². The largest absolute Gasteiger partial charge is 0.521 e. The number of hydrogen-bond acceptors (Lipinski definition) is 2. The van der Waals surface area contributed by atoms with E-state index in [1.54, 1.807) is 0 Å². The highest BCUT2D eigenvalue weighted by atomic mass is 31.2. The van der Waals surface area contributed by atoms with Crippen LogP contribution in [-0.2, 0) is 9.13 Å². The minimum Gasteiger partial charge on any atom is -0.321 e. The van der Waals surface area contributed by atoms with Crippen LogP contribution < -0.4 is 0 Å². The maximum Gasteiger partial charge on any atom is 0.521 e. The molecule has 3 N–H and O–H groups in total. The second kappa shape index (κ2) is 9.59. The van der Waals surface area contributed by atoms with Crippen LogP contribution in [0.15, 0.2) is 23.3 Å². The van der Waals surface area contributed by atoms with Crippen LogP contribution in [0, 0.1) is 0 Å². The van der Waals surface area contributed by atoms with Crippen LogP contribution in [0.4, 0.5) is 0 Å². The molecule has 0 aliphatic heterocycles. The zero-order valence-electron chi connectivity index (χ0n) is 12.3. The molecular formula is C13H25O5P2+. The second-order valence-corrected chi connectivity index (χ2v) is 8.61. The molecule has 20 heavy (non-hydrogen) atoms. The van der Waals surface area contributed by atoms with Crippen molar-refractivity contribution in [3.05, 3.63) is 23.3 Å². The Morgan fingerprint density at radius 1 is 1.20 bits per heavy atom. The van der Waals surface area contributed by atoms with Crippen LogP contribution in [0.5, 0.6) is 0 Å². The van der Waals surface area contributed by atoms with E-state index >= 15 is 0 Å². The molecule has 0 radical (unpaired) electrons. The molecule has 0 heterocycles. The summed E-state index contributed by atoms with van der Waals surface area (Å²) in [5, 5.41) is -1.43. The molecule has 0 saturated carbocycles. The normalized spacial score (nSPS) is 14.9. The fourth-order valence-electron chi connectivity index (χ4n) is 1.75. The van der Waals surface area contributed by atoms with E-state index in [2.05, 4.69) is 19.9 Å². The molecule has 0 aliphatic carbocycles. The molecule has 0 bridgehead atoms. The summed E-state index contributed by atoms with van der Waals surface area (Å²) < 4.78 is 21.9. The maximum absolute atomic E-state index is 11.0. The van der Waals surface area contributed by atoms with Crippen molar-refractivity contribution in [3.8, 4) is 0 Å². The quantitative estimate of drug-likeness (QED) is 0.337. The van der Waals surface area contributed by atoms with Gasteiger partial charge in [0.25, 0.3) is 5.40 Å². The van der Waals surface area contributed by atoms with Crippen molar-refractivity contribution in [2.45, 2.75) is 58.3 Å². The molecule has 7 heteroatoms. The van der Waals surface area contributed by atoms with E-state index in [4.69, 9.17) is 14.7 Å². The first kappa shape index (κ1) is 19.7. The van der Waals surface area contributed by atoms with E-state index in [0.29, 0.717) is 12.8 Å². The Balaban J connectivity index is 4.14. The van der Waals surface area contributed by atoms with Crippen molar-refractivity contribution in [3.63, 3.8) is 0 Å². The molecule has 116 valence electrons. The Labute approximate surface area is 121 Å². The van der Waals surface area contributed by atoms with Crippen LogP contribution >= 0.6 is 15.6 Å². The van der Waals surface area contributed by atoms with Crippen molar-refractivity contribution in [1.29, 1.82) is 0 Å². The van der Waals surface area contributed by atoms with E-state index < -0.39 is 21.0 Å². The molecule has 0 rings (SSSR count). The van der Waals surface area contributed by atoms with E-state index in [1.165, 1.54) is 11.1 Å². The lowest BCUT2D eigenvalue weighted by atomic mass is 10.1. The van der Waals surface area contributed by atoms with Crippen LogP contribution in [-0.4, -0.2) is 20.1 Å². The lowest BCUT2D eigenvalue weighted by Gasteiger charge is -2.06. The molecule has 0 spiro atoms. The summed E-state index contributed by atoms with van der Waals surface area (Å²) in [5.41, 5.74) is 2.51. The van der Waals surface area contributed by atoms with Gasteiger partial charge in [0, 0.05) is 6.42 Å². The van der Waals surface area contributed by atoms with Gasteiger partial charge in [0.15, 0.2) is 0 Å². The SMILES string of the molecule is CC(C)=CCCC(C)=CCCCC([P+](=O)O)P(=O)(O)O. The van der Waals surface area contributed by atoms with Crippen molar-refractivity contribution >= 4 is 15.6 Å². The Bertz CT molecular complexity index is 418. The summed E-state index contributed by atoms with van der Waals surface area (Å²) in [5.74, 6) is 0. The summed E-state index contributed by atoms with van der Waals surface area (Å²) in [6.07, 6.45) is 7.36. The van der Waals surface area contributed by atoms with E-state index in [-0.39, 0.29) is 6.42 Å². The Hall–Kier alpha value is -0.310. The summed E-state index contributed by atoms with van der Waals surface area (Å²) in [6, 6.07) is 0. The summed E-state index contributed by atoms with van der Waals surface area (Å²) in [6.45, 7) is 6.13. The Morgan fingerprint density at radius 3 is 2.25 bits per heavy atom. The van der Waals surface area contributed by atoms with Gasteiger partial charge in [-0.2, -0.15) is 4.89 Å². The van der Waals surface area contributed by atoms with Gasteiger partial charge in [-0.3, -0.25) is 4.57 Å². The average molecular weight is 323 g/mol. The molecule has 0 saturated heterocycles. The van der Waals surface area contributed by atoms with Crippen LogP contribution in [0.2, 0.25) is 0 Å². The van der Waals surface area contributed by atoms with Crippen molar-refractivity contribution in [2.75, 3.05) is 0 Å². The topological polar surface area (TPSA) is 94.8 Å². The molecular weight excluding hydrogens is 298 g/mol. The Morgan fingerprint density at radius 2 is 1.80 bits per heavy atom. The molecule has 5 nitrogen and oxygen atoms in total. The number of hydrogen-bond donors (Lipinski definition) is 3. The third-order valence-corrected chi connectivity index (χ3v) is 6.19. The van der Waals surface area contributed by atoms with Gasteiger partial charge in [-0.05, 0) is 51.0 Å². The first-order valence-electron chi connectivity index (χ1n) is 6.64. The minimum atomic E-state index is -4.49. The smallest absolute Gasteiger partial charge is 0.321 e. The van der Waals surface area contributed by atoms with Gasteiger partial charge in [0.2, 0.25) is 0 Å². The molecule has 0 aromatic heterocycles. The van der Waals surface area contributed by atoms with E-state index in [0.717, 1.165) is 12.8 Å². The number of rotatable bonds is 9. The van der Waals surface area contributed by atoms with Gasteiger partial charge in [-0.25, -0.2) is 0 Å². The van der Waals surface area contributed by atoms with Crippen molar-refractivity contribution < 1.29 is 23.8 Å². The van der Waals surface area contributed by atoms with Gasteiger partial charge < -0.3 is 9.79 Å². The summed E-state index contributed by atoms with van der Waals surface area (Å²) in [4.78, 5) is 26.9. The van der Waals surface area contributed by atoms with Gasteiger partial charge in [0.05, 0.1) is 0 Å². The lowest BCUT2D eigenvalue weighted by molar-refractivity contribution is 0.362. The fraction of sp³-hybridized carbons (Fsp3) is 0.692. The predicted molar refractivity (Wildman–Crippen MR) is 81.9 cm³/mol. The van der Waals surface area contributed by atoms with Crippen molar-refractivity contribution in [1.82, 2.24) is 0 Å². The monoisotopic (exact) mass is 323 g/mol. The molecule has 0 aliphatic rings. The zero-order chi connectivity index (χ0) is 15.8. The predicted octanol–water partition coefficient (Wildman–Crippen LogP) is 4.09. The van der Waals surface area contributed by atoms with E-state index in [9.17, 15) is 9.13 Å². The standard InChI is InChI=1S/C13H24O5P2/c1-11(2)7-6-9-12(3)8-4-5-10-13(19(14)15)20(16,17)18/h7-8,13H,4-6,9-10H2,1-3H3,(H2-,14,15,16,17,18)/p+1. The first-order chi connectivity index (χ1) is 9.14. The molecule has 2 unspecified atom stereocenters. The molecule has 2 atom stereocenters. The minimum absolute atomic E-state index is 0.0632. The lowest BCUT2D eigenvalue weighted by Crippen LogP contribution is -2.03. The average Bonchev–Trinajstić information content (AvgIpc) is 2.25. The highest BCUT2D eigenvalue weighted by Crippen LogP contribution is 2.53. The van der Waals surface area contributed by atoms with Gasteiger partial charge >= 0.3 is 15.6 Å². The maximum atomic E-state index is 11.0. The van der Waals surface area contributed by atoms with Crippen LogP contribution in [0.3, 0.4) is 0 Å². The van der Waals surface area contributed by atoms with Crippen LogP contribution in [0.1, 0.15) is 52.9 Å².